The Morgan fingerprint density at radius 1 is 0.800 bits per heavy atom. The predicted molar refractivity (Wildman–Crippen MR) is 106 cm³/mol. The normalized spacial score (nSPS) is 12.4. The van der Waals surface area contributed by atoms with E-state index in [0.29, 0.717) is 6.79 Å². The Balaban J connectivity index is 1.47. The molecule has 0 bridgehead atoms. The first-order valence-electron chi connectivity index (χ1n) is 8.08. The van der Waals surface area contributed by atoms with Gasteiger partial charge in [-0.1, -0.05) is 36.4 Å². The van der Waals surface area contributed by atoms with Crippen molar-refractivity contribution < 1.29 is 9.47 Å². The molecule has 0 saturated heterocycles. The average Bonchev–Trinajstić information content (AvgIpc) is 3.14. The van der Waals surface area contributed by atoms with Gasteiger partial charge in [0.25, 0.3) is 0 Å². The SMILES string of the molecule is CSc1ccc(-c2cccc(CSc3ccc4c(c3)OCO4)c2)cc1. The largest absolute Gasteiger partial charge is 0.454 e. The third kappa shape index (κ3) is 3.80. The first-order valence-corrected chi connectivity index (χ1v) is 10.3. The van der Waals surface area contributed by atoms with Crippen LogP contribution in [-0.4, -0.2) is 13.0 Å². The van der Waals surface area contributed by atoms with E-state index < -0.39 is 0 Å². The highest BCUT2D eigenvalue weighted by atomic mass is 32.2. The molecule has 2 nitrogen and oxygen atoms in total. The van der Waals surface area contributed by atoms with E-state index in [1.54, 1.807) is 11.8 Å². The quantitative estimate of drug-likeness (QED) is 0.508. The molecule has 4 heteroatoms. The van der Waals surface area contributed by atoms with Gasteiger partial charge in [0.05, 0.1) is 0 Å². The zero-order chi connectivity index (χ0) is 17.1. The maximum atomic E-state index is 5.45. The number of ether oxygens (including phenoxy) is 2. The van der Waals surface area contributed by atoms with Crippen molar-refractivity contribution in [1.29, 1.82) is 0 Å². The van der Waals surface area contributed by atoms with E-state index in [1.807, 2.05) is 17.8 Å². The van der Waals surface area contributed by atoms with Crippen LogP contribution in [-0.2, 0) is 5.75 Å². The molecule has 126 valence electrons. The zero-order valence-corrected chi connectivity index (χ0v) is 15.5. The molecule has 0 radical (unpaired) electrons. The Labute approximate surface area is 156 Å². The van der Waals surface area contributed by atoms with Gasteiger partial charge in [-0.3, -0.25) is 0 Å². The highest BCUT2D eigenvalue weighted by Gasteiger charge is 2.13. The Kier molecular flexibility index (Phi) is 4.90. The summed E-state index contributed by atoms with van der Waals surface area (Å²) in [6.45, 7) is 0.320. The fraction of sp³-hybridized carbons (Fsp3) is 0.143. The lowest BCUT2D eigenvalue weighted by molar-refractivity contribution is 0.174. The highest BCUT2D eigenvalue weighted by Crippen LogP contribution is 2.36. The minimum absolute atomic E-state index is 0.320. The second-order valence-electron chi connectivity index (χ2n) is 5.73. The topological polar surface area (TPSA) is 18.5 Å². The first-order chi connectivity index (χ1) is 12.3. The average molecular weight is 367 g/mol. The van der Waals surface area contributed by atoms with Gasteiger partial charge in [-0.2, -0.15) is 0 Å². The summed E-state index contributed by atoms with van der Waals surface area (Å²) in [6, 6.07) is 23.6. The van der Waals surface area contributed by atoms with Gasteiger partial charge in [0.2, 0.25) is 6.79 Å². The summed E-state index contributed by atoms with van der Waals surface area (Å²) in [5.41, 5.74) is 3.83. The molecule has 0 N–H and O–H groups in total. The van der Waals surface area contributed by atoms with Gasteiger partial charge in [0, 0.05) is 15.5 Å². The van der Waals surface area contributed by atoms with Gasteiger partial charge in [0.15, 0.2) is 11.5 Å². The minimum atomic E-state index is 0.320. The Morgan fingerprint density at radius 3 is 2.44 bits per heavy atom. The smallest absolute Gasteiger partial charge is 0.231 e. The van der Waals surface area contributed by atoms with Crippen molar-refractivity contribution >= 4 is 23.5 Å². The van der Waals surface area contributed by atoms with Gasteiger partial charge in [-0.25, -0.2) is 0 Å². The van der Waals surface area contributed by atoms with Crippen molar-refractivity contribution in [3.63, 3.8) is 0 Å². The molecule has 0 amide bonds. The van der Waals surface area contributed by atoms with Crippen LogP contribution in [0.1, 0.15) is 5.56 Å². The van der Waals surface area contributed by atoms with Crippen molar-refractivity contribution in [3.8, 4) is 22.6 Å². The third-order valence-corrected chi connectivity index (χ3v) is 5.91. The number of hydrogen-bond donors (Lipinski definition) is 0. The van der Waals surface area contributed by atoms with Crippen LogP contribution in [0.25, 0.3) is 11.1 Å². The van der Waals surface area contributed by atoms with E-state index >= 15 is 0 Å². The van der Waals surface area contributed by atoms with E-state index in [1.165, 1.54) is 26.5 Å². The summed E-state index contributed by atoms with van der Waals surface area (Å²) < 4.78 is 10.8. The zero-order valence-electron chi connectivity index (χ0n) is 13.9. The lowest BCUT2D eigenvalue weighted by Crippen LogP contribution is -1.92. The molecule has 3 aromatic carbocycles. The van der Waals surface area contributed by atoms with Gasteiger partial charge in [-0.05, 0) is 53.3 Å². The third-order valence-electron chi connectivity index (χ3n) is 4.10. The van der Waals surface area contributed by atoms with Gasteiger partial charge in [-0.15, -0.1) is 23.5 Å². The number of thioether (sulfide) groups is 2. The molecule has 0 spiro atoms. The summed E-state index contributed by atoms with van der Waals surface area (Å²) in [5.74, 6) is 2.60. The van der Waals surface area contributed by atoms with Crippen LogP contribution >= 0.6 is 23.5 Å². The van der Waals surface area contributed by atoms with E-state index in [0.717, 1.165) is 17.3 Å². The fourth-order valence-corrected chi connectivity index (χ4v) is 4.03. The molecule has 0 fully saturated rings. The van der Waals surface area contributed by atoms with Crippen LogP contribution in [0.3, 0.4) is 0 Å². The second kappa shape index (κ2) is 7.46. The molecule has 1 aliphatic rings. The molecule has 0 aliphatic carbocycles. The Morgan fingerprint density at radius 2 is 1.60 bits per heavy atom. The highest BCUT2D eigenvalue weighted by molar-refractivity contribution is 7.98. The predicted octanol–water partition coefficient (Wildman–Crippen LogP) is 6.10. The van der Waals surface area contributed by atoms with Crippen LogP contribution in [0.15, 0.2) is 76.5 Å². The van der Waals surface area contributed by atoms with E-state index in [-0.39, 0.29) is 0 Å². The van der Waals surface area contributed by atoms with Crippen LogP contribution in [0, 0.1) is 0 Å². The van der Waals surface area contributed by atoms with Crippen molar-refractivity contribution in [2.24, 2.45) is 0 Å². The standard InChI is InChI=1S/C21H18O2S2/c1-24-18-7-5-16(6-8-18)17-4-2-3-15(11-17)13-25-19-9-10-20-21(12-19)23-14-22-20/h2-12H,13-14H2,1H3. The van der Waals surface area contributed by atoms with Crippen LogP contribution in [0.4, 0.5) is 0 Å². The van der Waals surface area contributed by atoms with Crippen molar-refractivity contribution in [2.45, 2.75) is 15.5 Å². The van der Waals surface area contributed by atoms with E-state index in [4.69, 9.17) is 9.47 Å². The molecule has 0 unspecified atom stereocenters. The first kappa shape index (κ1) is 16.4. The summed E-state index contributed by atoms with van der Waals surface area (Å²) in [5, 5.41) is 0. The second-order valence-corrected chi connectivity index (χ2v) is 7.66. The molecule has 1 aliphatic heterocycles. The maximum Gasteiger partial charge on any atom is 0.231 e. The number of benzene rings is 3. The summed E-state index contributed by atoms with van der Waals surface area (Å²) in [7, 11) is 0. The van der Waals surface area contributed by atoms with Gasteiger partial charge >= 0.3 is 0 Å². The molecule has 4 rings (SSSR count). The molecule has 0 aromatic heterocycles. The lowest BCUT2D eigenvalue weighted by atomic mass is 10.0. The molecule has 1 heterocycles. The van der Waals surface area contributed by atoms with Crippen LogP contribution < -0.4 is 9.47 Å². The summed E-state index contributed by atoms with van der Waals surface area (Å²) in [6.07, 6.45) is 2.10. The minimum Gasteiger partial charge on any atom is -0.454 e. The Bertz CT molecular complexity index is 875. The van der Waals surface area contributed by atoms with Crippen molar-refractivity contribution in [1.82, 2.24) is 0 Å². The molecular formula is C21H18O2S2. The number of rotatable bonds is 5. The number of fused-ring (bicyclic) bond motifs is 1. The maximum absolute atomic E-state index is 5.45. The van der Waals surface area contributed by atoms with Gasteiger partial charge in [0.1, 0.15) is 0 Å². The van der Waals surface area contributed by atoms with Crippen LogP contribution in [0.5, 0.6) is 11.5 Å². The fourth-order valence-electron chi connectivity index (χ4n) is 2.76. The molecular weight excluding hydrogens is 348 g/mol. The molecule has 0 atom stereocenters. The summed E-state index contributed by atoms with van der Waals surface area (Å²) >= 11 is 3.58. The molecule has 25 heavy (non-hydrogen) atoms. The monoisotopic (exact) mass is 366 g/mol. The van der Waals surface area contributed by atoms with Gasteiger partial charge < -0.3 is 9.47 Å². The van der Waals surface area contributed by atoms with Crippen LogP contribution in [0.2, 0.25) is 0 Å². The molecule has 3 aromatic rings. The van der Waals surface area contributed by atoms with E-state index in [2.05, 4.69) is 66.9 Å². The molecule has 0 saturated carbocycles. The van der Waals surface area contributed by atoms with Crippen molar-refractivity contribution in [2.75, 3.05) is 13.0 Å². The van der Waals surface area contributed by atoms with Crippen molar-refractivity contribution in [3.05, 3.63) is 72.3 Å². The summed E-state index contributed by atoms with van der Waals surface area (Å²) in [4.78, 5) is 2.48. The number of hydrogen-bond acceptors (Lipinski definition) is 4. The Hall–Kier alpha value is -2.04. The lowest BCUT2D eigenvalue weighted by Gasteiger charge is -2.07. The van der Waals surface area contributed by atoms with E-state index in [9.17, 15) is 0 Å².